The number of ether oxygens (including phenoxy) is 1. The van der Waals surface area contributed by atoms with Crippen LogP contribution >= 0.6 is 0 Å². The van der Waals surface area contributed by atoms with Crippen molar-refractivity contribution in [3.05, 3.63) is 84.5 Å². The summed E-state index contributed by atoms with van der Waals surface area (Å²) in [5, 5.41) is 13.0. The minimum Gasteiger partial charge on any atom is -0.506 e. The first-order chi connectivity index (χ1) is 13.6. The van der Waals surface area contributed by atoms with Crippen molar-refractivity contribution < 1.29 is 14.6 Å². The van der Waals surface area contributed by atoms with Crippen LogP contribution in [0.1, 0.15) is 28.2 Å². The fourth-order valence-electron chi connectivity index (χ4n) is 2.81. The summed E-state index contributed by atoms with van der Waals surface area (Å²) in [5.74, 6) is 0.471. The minimum atomic E-state index is -0.0707. The Balaban J connectivity index is 1.66. The van der Waals surface area contributed by atoms with E-state index in [4.69, 9.17) is 4.74 Å². The zero-order valence-corrected chi connectivity index (χ0v) is 15.6. The molecule has 2 N–H and O–H groups in total. The number of nitrogens with one attached hydrogen (secondary N) is 1. The number of benzene rings is 1. The Morgan fingerprint density at radius 1 is 1.11 bits per heavy atom. The number of carbonyl (C=O) groups excluding carboxylic acids is 1. The van der Waals surface area contributed by atoms with Gasteiger partial charge in [0.25, 0.3) is 0 Å². The molecule has 142 valence electrons. The number of methoxy groups -OCH3 is 1. The first kappa shape index (κ1) is 19.1. The summed E-state index contributed by atoms with van der Waals surface area (Å²) in [4.78, 5) is 20.7. The van der Waals surface area contributed by atoms with E-state index in [0.717, 1.165) is 11.3 Å². The second kappa shape index (κ2) is 8.81. The van der Waals surface area contributed by atoms with Gasteiger partial charge in [-0.2, -0.15) is 0 Å². The van der Waals surface area contributed by atoms with E-state index in [0.29, 0.717) is 35.7 Å². The molecule has 0 spiro atoms. The highest BCUT2D eigenvalue weighted by Crippen LogP contribution is 2.24. The number of carbonyl (C=O) groups is 1. The van der Waals surface area contributed by atoms with Crippen LogP contribution in [0.25, 0.3) is 5.70 Å². The molecule has 2 aromatic heterocycles. The van der Waals surface area contributed by atoms with Crippen LogP contribution in [0.4, 0.5) is 5.69 Å². The van der Waals surface area contributed by atoms with Gasteiger partial charge in [-0.25, -0.2) is 4.98 Å². The molecule has 6 nitrogen and oxygen atoms in total. The van der Waals surface area contributed by atoms with E-state index in [2.05, 4.69) is 21.9 Å². The molecule has 3 aromatic rings. The van der Waals surface area contributed by atoms with Gasteiger partial charge in [-0.1, -0.05) is 18.7 Å². The Morgan fingerprint density at radius 3 is 2.61 bits per heavy atom. The molecule has 0 unspecified atom stereocenters. The van der Waals surface area contributed by atoms with Crippen molar-refractivity contribution in [1.29, 1.82) is 0 Å². The van der Waals surface area contributed by atoms with Crippen LogP contribution in [0.5, 0.6) is 11.5 Å². The molecule has 0 fully saturated rings. The van der Waals surface area contributed by atoms with E-state index in [1.165, 1.54) is 7.11 Å². The van der Waals surface area contributed by atoms with Crippen LogP contribution in [0.15, 0.2) is 67.5 Å². The Kier molecular flexibility index (Phi) is 6.01. The van der Waals surface area contributed by atoms with Crippen molar-refractivity contribution in [3.8, 4) is 11.5 Å². The summed E-state index contributed by atoms with van der Waals surface area (Å²) in [7, 11) is 1.52. The molecular formula is C22H21N3O3. The van der Waals surface area contributed by atoms with Gasteiger partial charge in [-0.3, -0.25) is 9.78 Å². The highest BCUT2D eigenvalue weighted by molar-refractivity contribution is 5.96. The monoisotopic (exact) mass is 375 g/mol. The zero-order chi connectivity index (χ0) is 19.9. The minimum absolute atomic E-state index is 0.0612. The summed E-state index contributed by atoms with van der Waals surface area (Å²) in [6, 6.07) is 14.3. The molecule has 2 heterocycles. The number of aryl methyl sites for hydroxylation is 1. The van der Waals surface area contributed by atoms with E-state index in [-0.39, 0.29) is 11.5 Å². The number of aromatic hydroxyl groups is 1. The van der Waals surface area contributed by atoms with E-state index >= 15 is 0 Å². The maximum absolute atomic E-state index is 12.5. The van der Waals surface area contributed by atoms with Crippen molar-refractivity contribution in [2.75, 3.05) is 12.4 Å². The number of ketones is 1. The lowest BCUT2D eigenvalue weighted by Crippen LogP contribution is -2.06. The van der Waals surface area contributed by atoms with Gasteiger partial charge in [0.1, 0.15) is 22.9 Å². The molecule has 0 saturated heterocycles. The molecule has 0 amide bonds. The van der Waals surface area contributed by atoms with Gasteiger partial charge in [-0.15, -0.1) is 0 Å². The maximum Gasteiger partial charge on any atom is 0.185 e. The molecule has 0 bridgehead atoms. The predicted molar refractivity (Wildman–Crippen MR) is 108 cm³/mol. The average Bonchev–Trinajstić information content (AvgIpc) is 2.72. The molecule has 1 aromatic carbocycles. The SMILES string of the molecule is C=C(Nc1cccc(CCC(=O)c2ncccc2OC)c1)c1ncccc1O. The number of nitrogens with zero attached hydrogens (tertiary/aromatic N) is 2. The molecule has 0 saturated carbocycles. The largest absolute Gasteiger partial charge is 0.506 e. The highest BCUT2D eigenvalue weighted by Gasteiger charge is 2.13. The summed E-state index contributed by atoms with van der Waals surface area (Å²) in [6.45, 7) is 3.93. The summed E-state index contributed by atoms with van der Waals surface area (Å²) < 4.78 is 5.20. The average molecular weight is 375 g/mol. The normalized spacial score (nSPS) is 10.3. The topological polar surface area (TPSA) is 84.3 Å². The van der Waals surface area contributed by atoms with Crippen molar-refractivity contribution in [2.24, 2.45) is 0 Å². The molecule has 0 aliphatic heterocycles. The number of aromatic nitrogens is 2. The van der Waals surface area contributed by atoms with Gasteiger partial charge in [0.15, 0.2) is 5.78 Å². The number of Topliss-reactive ketones (excluding diaryl/α,β-unsaturated/α-hetero) is 1. The van der Waals surface area contributed by atoms with E-state index in [1.807, 2.05) is 24.3 Å². The summed E-state index contributed by atoms with van der Waals surface area (Å²) in [5.41, 5.74) is 3.02. The fourth-order valence-corrected chi connectivity index (χ4v) is 2.81. The Labute approximate surface area is 163 Å². The van der Waals surface area contributed by atoms with E-state index in [9.17, 15) is 9.90 Å². The maximum atomic E-state index is 12.5. The second-order valence-corrected chi connectivity index (χ2v) is 6.15. The zero-order valence-electron chi connectivity index (χ0n) is 15.6. The summed E-state index contributed by atoms with van der Waals surface area (Å²) in [6.07, 6.45) is 4.06. The first-order valence-corrected chi connectivity index (χ1v) is 8.80. The van der Waals surface area contributed by atoms with E-state index in [1.54, 1.807) is 36.7 Å². The molecular weight excluding hydrogens is 354 g/mol. The highest BCUT2D eigenvalue weighted by atomic mass is 16.5. The quantitative estimate of drug-likeness (QED) is 0.577. The lowest BCUT2D eigenvalue weighted by atomic mass is 10.0. The third-order valence-electron chi connectivity index (χ3n) is 4.19. The van der Waals surface area contributed by atoms with E-state index < -0.39 is 0 Å². The lowest BCUT2D eigenvalue weighted by Gasteiger charge is -2.11. The third kappa shape index (κ3) is 4.54. The number of rotatable bonds is 8. The second-order valence-electron chi connectivity index (χ2n) is 6.15. The van der Waals surface area contributed by atoms with Crippen LogP contribution in [-0.2, 0) is 6.42 Å². The van der Waals surface area contributed by atoms with Crippen molar-refractivity contribution in [1.82, 2.24) is 9.97 Å². The van der Waals surface area contributed by atoms with Gasteiger partial charge >= 0.3 is 0 Å². The van der Waals surface area contributed by atoms with Gasteiger partial charge < -0.3 is 15.2 Å². The number of hydrogen-bond acceptors (Lipinski definition) is 6. The fraction of sp³-hybridized carbons (Fsp3) is 0.136. The molecule has 0 aliphatic carbocycles. The van der Waals surface area contributed by atoms with Crippen LogP contribution in [0, 0.1) is 0 Å². The molecule has 0 aliphatic rings. The van der Waals surface area contributed by atoms with Crippen LogP contribution in [0.3, 0.4) is 0 Å². The Bertz CT molecular complexity index is 1000. The van der Waals surface area contributed by atoms with Crippen LogP contribution in [0.2, 0.25) is 0 Å². The summed E-state index contributed by atoms with van der Waals surface area (Å²) >= 11 is 0. The Hall–Kier alpha value is -3.67. The number of pyridine rings is 2. The van der Waals surface area contributed by atoms with Crippen LogP contribution in [-0.4, -0.2) is 28.0 Å². The standard InChI is InChI=1S/C22H21N3O3/c1-15(21-18(26)8-4-12-23-21)25-17-7-3-6-16(14-17)10-11-19(27)22-20(28-2)9-5-13-24-22/h3-9,12-14,25-26H,1,10-11H2,2H3. The predicted octanol–water partition coefficient (Wildman–Crippen LogP) is 4.09. The van der Waals surface area contributed by atoms with Crippen molar-refractivity contribution in [3.63, 3.8) is 0 Å². The molecule has 28 heavy (non-hydrogen) atoms. The lowest BCUT2D eigenvalue weighted by molar-refractivity contribution is 0.0974. The number of anilines is 1. The van der Waals surface area contributed by atoms with Gasteiger partial charge in [0.05, 0.1) is 12.8 Å². The van der Waals surface area contributed by atoms with Gasteiger partial charge in [-0.05, 0) is 48.4 Å². The van der Waals surface area contributed by atoms with Crippen molar-refractivity contribution in [2.45, 2.75) is 12.8 Å². The van der Waals surface area contributed by atoms with Crippen LogP contribution < -0.4 is 10.1 Å². The van der Waals surface area contributed by atoms with Crippen molar-refractivity contribution >= 4 is 17.2 Å². The smallest absolute Gasteiger partial charge is 0.185 e. The molecule has 0 atom stereocenters. The number of hydrogen-bond donors (Lipinski definition) is 2. The Morgan fingerprint density at radius 2 is 1.86 bits per heavy atom. The third-order valence-corrected chi connectivity index (χ3v) is 4.19. The first-order valence-electron chi connectivity index (χ1n) is 8.80. The molecule has 6 heteroatoms. The van der Waals surface area contributed by atoms with Gasteiger partial charge in [0, 0.05) is 24.5 Å². The van der Waals surface area contributed by atoms with Gasteiger partial charge in [0.2, 0.25) is 0 Å². The molecule has 3 rings (SSSR count). The molecule has 0 radical (unpaired) electrons.